The molecule has 2 N–H and O–H groups in total. The van der Waals surface area contributed by atoms with E-state index in [9.17, 15) is 4.79 Å². The number of esters is 1. The molecule has 0 unspecified atom stereocenters. The molecule has 16 heavy (non-hydrogen) atoms. The minimum absolute atomic E-state index is 0.274. The van der Waals surface area contributed by atoms with Gasteiger partial charge in [0.1, 0.15) is 4.88 Å². The van der Waals surface area contributed by atoms with Crippen LogP contribution in [0.25, 0.3) is 0 Å². The van der Waals surface area contributed by atoms with E-state index in [1.54, 1.807) is 6.07 Å². The summed E-state index contributed by atoms with van der Waals surface area (Å²) in [7, 11) is 3.98. The van der Waals surface area contributed by atoms with Crippen LogP contribution in [-0.2, 0) is 4.74 Å². The molecule has 0 aliphatic heterocycles. The molecule has 0 aliphatic carbocycles. The van der Waals surface area contributed by atoms with Crippen LogP contribution in [0, 0.1) is 6.92 Å². The number of anilines is 1. The van der Waals surface area contributed by atoms with Crippen molar-refractivity contribution in [3.05, 3.63) is 15.8 Å². The minimum Gasteiger partial charge on any atom is -0.461 e. The Kier molecular flexibility index (Phi) is 4.76. The second-order valence-electron chi connectivity index (χ2n) is 3.91. The molecular formula is C11H18N2O2S. The summed E-state index contributed by atoms with van der Waals surface area (Å²) in [6, 6.07) is 1.67. The van der Waals surface area contributed by atoms with E-state index in [0.29, 0.717) is 17.2 Å². The highest BCUT2D eigenvalue weighted by molar-refractivity contribution is 7.14. The highest BCUT2D eigenvalue weighted by Gasteiger charge is 2.11. The quantitative estimate of drug-likeness (QED) is 0.631. The van der Waals surface area contributed by atoms with Gasteiger partial charge in [0.05, 0.1) is 6.61 Å². The van der Waals surface area contributed by atoms with Crippen molar-refractivity contribution in [2.24, 2.45) is 0 Å². The molecule has 4 nitrogen and oxygen atoms in total. The number of thiophene rings is 1. The Morgan fingerprint density at radius 3 is 2.75 bits per heavy atom. The number of ether oxygens (including phenoxy) is 1. The van der Waals surface area contributed by atoms with Crippen molar-refractivity contribution in [3.8, 4) is 0 Å². The molecule has 1 aromatic heterocycles. The second kappa shape index (κ2) is 5.86. The zero-order valence-corrected chi connectivity index (χ0v) is 10.8. The smallest absolute Gasteiger partial charge is 0.348 e. The van der Waals surface area contributed by atoms with Gasteiger partial charge in [-0.2, -0.15) is 0 Å². The maximum atomic E-state index is 11.6. The molecule has 0 saturated carbocycles. The lowest BCUT2D eigenvalue weighted by Crippen LogP contribution is -2.16. The number of carbonyl (C=O) groups is 1. The Balaban J connectivity index is 2.35. The van der Waals surface area contributed by atoms with Crippen LogP contribution in [0.1, 0.15) is 21.0 Å². The third-order valence-corrected chi connectivity index (χ3v) is 3.19. The first-order chi connectivity index (χ1) is 7.50. The maximum Gasteiger partial charge on any atom is 0.348 e. The Labute approximate surface area is 100 Å². The number of carbonyl (C=O) groups excluding carboxylic acids is 1. The molecule has 0 spiro atoms. The molecule has 0 aliphatic rings. The van der Waals surface area contributed by atoms with Gasteiger partial charge in [-0.3, -0.25) is 0 Å². The van der Waals surface area contributed by atoms with Crippen LogP contribution in [0.4, 0.5) is 5.69 Å². The number of nitrogens with zero attached hydrogens (tertiary/aromatic N) is 1. The number of nitrogen functional groups attached to an aromatic ring is 1. The van der Waals surface area contributed by atoms with Gasteiger partial charge in [-0.1, -0.05) is 0 Å². The lowest BCUT2D eigenvalue weighted by molar-refractivity contribution is 0.0499. The van der Waals surface area contributed by atoms with Crippen LogP contribution >= 0.6 is 11.3 Å². The summed E-state index contributed by atoms with van der Waals surface area (Å²) < 4.78 is 5.14. The predicted octanol–water partition coefficient (Wildman–Crippen LogP) is 1.75. The Hall–Kier alpha value is -1.07. The van der Waals surface area contributed by atoms with Gasteiger partial charge >= 0.3 is 5.97 Å². The van der Waals surface area contributed by atoms with Crippen molar-refractivity contribution >= 4 is 23.0 Å². The Morgan fingerprint density at radius 1 is 1.56 bits per heavy atom. The molecule has 90 valence electrons. The molecule has 1 heterocycles. The van der Waals surface area contributed by atoms with E-state index >= 15 is 0 Å². The zero-order valence-electron chi connectivity index (χ0n) is 9.95. The fraction of sp³-hybridized carbons (Fsp3) is 0.545. The normalized spacial score (nSPS) is 10.8. The van der Waals surface area contributed by atoms with Crippen LogP contribution in [0.15, 0.2) is 6.07 Å². The molecule has 1 rings (SSSR count). The summed E-state index contributed by atoms with van der Waals surface area (Å²) in [5, 5.41) is 0. The average Bonchev–Trinajstić information content (AvgIpc) is 2.54. The third kappa shape index (κ3) is 3.83. The van der Waals surface area contributed by atoms with Gasteiger partial charge in [-0.05, 0) is 33.5 Å². The Morgan fingerprint density at radius 2 is 2.25 bits per heavy atom. The highest BCUT2D eigenvalue weighted by atomic mass is 32.1. The van der Waals surface area contributed by atoms with Crippen molar-refractivity contribution in [3.63, 3.8) is 0 Å². The fourth-order valence-electron chi connectivity index (χ4n) is 1.21. The average molecular weight is 242 g/mol. The van der Waals surface area contributed by atoms with Crippen molar-refractivity contribution in [2.75, 3.05) is 33.0 Å². The molecule has 0 radical (unpaired) electrons. The van der Waals surface area contributed by atoms with Crippen LogP contribution in [-0.4, -0.2) is 38.1 Å². The standard InChI is InChI=1S/C11H18N2O2S/c1-8-9(12)7-10(16-8)11(14)15-6-4-5-13(2)3/h7H,4-6,12H2,1-3H3. The molecule has 0 saturated heterocycles. The molecule has 0 amide bonds. The van der Waals surface area contributed by atoms with E-state index in [-0.39, 0.29) is 5.97 Å². The van der Waals surface area contributed by atoms with Crippen molar-refractivity contribution in [1.82, 2.24) is 4.90 Å². The summed E-state index contributed by atoms with van der Waals surface area (Å²) in [4.78, 5) is 15.2. The number of nitrogens with two attached hydrogens (primary N) is 1. The summed E-state index contributed by atoms with van der Waals surface area (Å²) in [6.45, 7) is 3.26. The SMILES string of the molecule is Cc1sc(C(=O)OCCCN(C)C)cc1N. The number of hydrogen-bond donors (Lipinski definition) is 1. The Bertz CT molecular complexity index is 341. The van der Waals surface area contributed by atoms with Crippen LogP contribution in [0.2, 0.25) is 0 Å². The summed E-state index contributed by atoms with van der Waals surface area (Å²) >= 11 is 1.38. The monoisotopic (exact) mass is 242 g/mol. The van der Waals surface area contributed by atoms with Crippen LogP contribution in [0.5, 0.6) is 0 Å². The maximum absolute atomic E-state index is 11.6. The van der Waals surface area contributed by atoms with Gasteiger partial charge in [-0.25, -0.2) is 4.79 Å². The number of rotatable bonds is 5. The van der Waals surface area contributed by atoms with E-state index in [1.165, 1.54) is 11.3 Å². The summed E-state index contributed by atoms with van der Waals surface area (Å²) in [6.07, 6.45) is 0.846. The van der Waals surface area contributed by atoms with E-state index in [0.717, 1.165) is 17.8 Å². The molecular weight excluding hydrogens is 224 g/mol. The third-order valence-electron chi connectivity index (χ3n) is 2.14. The molecule has 0 bridgehead atoms. The lowest BCUT2D eigenvalue weighted by atomic mass is 10.4. The summed E-state index contributed by atoms with van der Waals surface area (Å²) in [5.74, 6) is -0.274. The van der Waals surface area contributed by atoms with Gasteiger partial charge in [-0.15, -0.1) is 11.3 Å². The molecule has 5 heteroatoms. The van der Waals surface area contributed by atoms with E-state index in [4.69, 9.17) is 10.5 Å². The first-order valence-electron chi connectivity index (χ1n) is 5.18. The van der Waals surface area contributed by atoms with E-state index in [1.807, 2.05) is 21.0 Å². The molecule has 0 aromatic carbocycles. The molecule has 1 aromatic rings. The molecule has 0 atom stereocenters. The predicted molar refractivity (Wildman–Crippen MR) is 66.9 cm³/mol. The molecule has 0 fully saturated rings. The van der Waals surface area contributed by atoms with Crippen molar-refractivity contribution < 1.29 is 9.53 Å². The topological polar surface area (TPSA) is 55.6 Å². The van der Waals surface area contributed by atoms with Gasteiger partial charge in [0.2, 0.25) is 0 Å². The largest absolute Gasteiger partial charge is 0.461 e. The first-order valence-corrected chi connectivity index (χ1v) is 6.00. The number of hydrogen-bond acceptors (Lipinski definition) is 5. The van der Waals surface area contributed by atoms with Gasteiger partial charge in [0.15, 0.2) is 0 Å². The van der Waals surface area contributed by atoms with Crippen molar-refractivity contribution in [1.29, 1.82) is 0 Å². The van der Waals surface area contributed by atoms with Crippen molar-refractivity contribution in [2.45, 2.75) is 13.3 Å². The van der Waals surface area contributed by atoms with E-state index < -0.39 is 0 Å². The van der Waals surface area contributed by atoms with Crippen LogP contribution in [0.3, 0.4) is 0 Å². The minimum atomic E-state index is -0.274. The lowest BCUT2D eigenvalue weighted by Gasteiger charge is -2.08. The highest BCUT2D eigenvalue weighted by Crippen LogP contribution is 2.23. The van der Waals surface area contributed by atoms with Crippen LogP contribution < -0.4 is 5.73 Å². The first kappa shape index (κ1) is 13.0. The van der Waals surface area contributed by atoms with Gasteiger partial charge < -0.3 is 15.4 Å². The zero-order chi connectivity index (χ0) is 12.1. The number of aryl methyl sites for hydroxylation is 1. The summed E-state index contributed by atoms with van der Waals surface area (Å²) in [5.41, 5.74) is 6.33. The van der Waals surface area contributed by atoms with Gasteiger partial charge in [0, 0.05) is 17.1 Å². The van der Waals surface area contributed by atoms with Gasteiger partial charge in [0.25, 0.3) is 0 Å². The fourth-order valence-corrected chi connectivity index (χ4v) is 2.05. The van der Waals surface area contributed by atoms with E-state index in [2.05, 4.69) is 4.90 Å². The second-order valence-corrected chi connectivity index (χ2v) is 5.17.